The first-order valence-electron chi connectivity index (χ1n) is 5.00. The number of furan rings is 1. The molecule has 0 saturated heterocycles. The lowest BCUT2D eigenvalue weighted by Gasteiger charge is -2.00. The summed E-state index contributed by atoms with van der Waals surface area (Å²) in [6, 6.07) is 5.62. The lowest BCUT2D eigenvalue weighted by atomic mass is 10.4. The SMILES string of the molecule is Cc1cc(C)nc(NN=Cc2ccc(I)o2)n1. The van der Waals surface area contributed by atoms with E-state index >= 15 is 0 Å². The Morgan fingerprint density at radius 1 is 1.29 bits per heavy atom. The quantitative estimate of drug-likeness (QED) is 0.529. The lowest BCUT2D eigenvalue weighted by molar-refractivity contribution is 0.531. The first kappa shape index (κ1) is 12.0. The number of rotatable bonds is 3. The molecule has 0 aliphatic heterocycles. The van der Waals surface area contributed by atoms with E-state index in [0.29, 0.717) is 11.7 Å². The third kappa shape index (κ3) is 3.52. The van der Waals surface area contributed by atoms with Crippen molar-refractivity contribution in [3.8, 4) is 0 Å². The van der Waals surface area contributed by atoms with Crippen LogP contribution in [0.25, 0.3) is 0 Å². The van der Waals surface area contributed by atoms with Gasteiger partial charge in [-0.15, -0.1) is 0 Å². The van der Waals surface area contributed by atoms with E-state index in [1.807, 2.05) is 32.0 Å². The van der Waals surface area contributed by atoms with Crippen LogP contribution >= 0.6 is 22.6 Å². The Hall–Kier alpha value is -1.44. The third-order valence-electron chi connectivity index (χ3n) is 1.93. The van der Waals surface area contributed by atoms with E-state index in [1.54, 1.807) is 6.21 Å². The molecular weight excluding hydrogens is 331 g/mol. The summed E-state index contributed by atoms with van der Waals surface area (Å²) in [5.74, 6) is 1.17. The molecule has 5 nitrogen and oxygen atoms in total. The molecule has 0 spiro atoms. The molecule has 2 rings (SSSR count). The first-order valence-corrected chi connectivity index (χ1v) is 6.08. The molecule has 6 heteroatoms. The minimum atomic E-state index is 0.486. The van der Waals surface area contributed by atoms with Gasteiger partial charge in [0.15, 0.2) is 3.77 Å². The summed E-state index contributed by atoms with van der Waals surface area (Å²) < 4.78 is 6.15. The van der Waals surface area contributed by atoms with Crippen LogP contribution in [0.15, 0.2) is 27.7 Å². The molecule has 0 atom stereocenters. The van der Waals surface area contributed by atoms with Gasteiger partial charge >= 0.3 is 0 Å². The minimum Gasteiger partial charge on any atom is -0.449 e. The van der Waals surface area contributed by atoms with E-state index in [-0.39, 0.29) is 0 Å². The Balaban J connectivity index is 2.04. The molecule has 2 heterocycles. The maximum atomic E-state index is 5.33. The zero-order chi connectivity index (χ0) is 12.3. The Bertz CT molecular complexity index is 530. The molecule has 0 radical (unpaired) electrons. The maximum absolute atomic E-state index is 5.33. The summed E-state index contributed by atoms with van der Waals surface area (Å²) >= 11 is 2.10. The summed E-state index contributed by atoms with van der Waals surface area (Å²) in [4.78, 5) is 8.40. The van der Waals surface area contributed by atoms with E-state index in [1.165, 1.54) is 0 Å². The predicted octanol–water partition coefficient (Wildman–Crippen LogP) is 2.74. The van der Waals surface area contributed by atoms with Gasteiger partial charge in [-0.2, -0.15) is 5.10 Å². The van der Waals surface area contributed by atoms with Crippen LogP contribution in [0.5, 0.6) is 0 Å². The zero-order valence-corrected chi connectivity index (χ0v) is 11.6. The number of nitrogens with zero attached hydrogens (tertiary/aromatic N) is 3. The van der Waals surface area contributed by atoms with Gasteiger partial charge < -0.3 is 4.42 Å². The van der Waals surface area contributed by atoms with Crippen molar-refractivity contribution in [3.63, 3.8) is 0 Å². The number of anilines is 1. The predicted molar refractivity (Wildman–Crippen MR) is 74.1 cm³/mol. The average molecular weight is 342 g/mol. The van der Waals surface area contributed by atoms with E-state index in [4.69, 9.17) is 4.42 Å². The molecule has 0 fully saturated rings. The molecule has 88 valence electrons. The Morgan fingerprint density at radius 2 is 2.00 bits per heavy atom. The van der Waals surface area contributed by atoms with Crippen molar-refractivity contribution in [2.75, 3.05) is 5.43 Å². The largest absolute Gasteiger partial charge is 0.449 e. The van der Waals surface area contributed by atoms with Crippen molar-refractivity contribution in [1.29, 1.82) is 0 Å². The van der Waals surface area contributed by atoms with Gasteiger partial charge in [0.05, 0.1) is 6.21 Å². The van der Waals surface area contributed by atoms with Crippen LogP contribution in [0.4, 0.5) is 5.95 Å². The average Bonchev–Trinajstić information content (AvgIpc) is 2.63. The summed E-state index contributed by atoms with van der Waals surface area (Å²) in [6.07, 6.45) is 1.59. The highest BCUT2D eigenvalue weighted by Gasteiger charge is 1.98. The standard InChI is InChI=1S/C11H11IN4O/c1-7-5-8(2)15-11(14-7)16-13-6-9-3-4-10(12)17-9/h3-6H,1-2H3,(H,14,15,16). The summed E-state index contributed by atoms with van der Waals surface area (Å²) in [7, 11) is 0. The van der Waals surface area contributed by atoms with Crippen LogP contribution in [0.3, 0.4) is 0 Å². The number of hydrazone groups is 1. The van der Waals surface area contributed by atoms with Gasteiger partial charge in [0, 0.05) is 11.4 Å². The van der Waals surface area contributed by atoms with Crippen molar-refractivity contribution in [1.82, 2.24) is 9.97 Å². The highest BCUT2D eigenvalue weighted by Crippen LogP contribution is 2.08. The normalized spacial score (nSPS) is 11.0. The second-order valence-electron chi connectivity index (χ2n) is 3.49. The molecule has 0 bridgehead atoms. The Labute approximate surface area is 112 Å². The highest BCUT2D eigenvalue weighted by atomic mass is 127. The second-order valence-corrected chi connectivity index (χ2v) is 4.55. The van der Waals surface area contributed by atoms with E-state index < -0.39 is 0 Å². The van der Waals surface area contributed by atoms with Gasteiger partial charge in [0.2, 0.25) is 5.95 Å². The summed E-state index contributed by atoms with van der Waals surface area (Å²) in [5, 5.41) is 4.01. The van der Waals surface area contributed by atoms with Crippen molar-refractivity contribution in [2.24, 2.45) is 5.10 Å². The fourth-order valence-corrected chi connectivity index (χ4v) is 1.76. The van der Waals surface area contributed by atoms with Crippen LogP contribution in [-0.4, -0.2) is 16.2 Å². The minimum absolute atomic E-state index is 0.486. The number of aromatic nitrogens is 2. The van der Waals surface area contributed by atoms with Gasteiger partial charge in [0.1, 0.15) is 5.76 Å². The van der Waals surface area contributed by atoms with Gasteiger partial charge in [-0.05, 0) is 54.6 Å². The molecule has 0 saturated carbocycles. The molecule has 0 aromatic carbocycles. The molecule has 0 aliphatic rings. The molecule has 0 unspecified atom stereocenters. The number of halogens is 1. The summed E-state index contributed by atoms with van der Waals surface area (Å²) in [6.45, 7) is 3.83. The fraction of sp³-hybridized carbons (Fsp3) is 0.182. The van der Waals surface area contributed by atoms with Crippen molar-refractivity contribution in [3.05, 3.63) is 39.1 Å². The molecule has 17 heavy (non-hydrogen) atoms. The summed E-state index contributed by atoms with van der Waals surface area (Å²) in [5.41, 5.74) is 4.58. The number of nitrogens with one attached hydrogen (secondary N) is 1. The monoisotopic (exact) mass is 342 g/mol. The molecule has 2 aromatic heterocycles. The van der Waals surface area contributed by atoms with Crippen molar-refractivity contribution >= 4 is 34.8 Å². The second kappa shape index (κ2) is 5.26. The molecule has 0 amide bonds. The number of hydrogen-bond acceptors (Lipinski definition) is 5. The van der Waals surface area contributed by atoms with Gasteiger partial charge in [-0.25, -0.2) is 15.4 Å². The Morgan fingerprint density at radius 3 is 2.59 bits per heavy atom. The fourth-order valence-electron chi connectivity index (χ4n) is 1.33. The Kier molecular flexibility index (Phi) is 3.72. The third-order valence-corrected chi connectivity index (χ3v) is 2.51. The number of aryl methyl sites for hydroxylation is 2. The molecular formula is C11H11IN4O. The van der Waals surface area contributed by atoms with Crippen LogP contribution in [0.1, 0.15) is 17.1 Å². The smallest absolute Gasteiger partial charge is 0.243 e. The van der Waals surface area contributed by atoms with Gasteiger partial charge in [-0.1, -0.05) is 0 Å². The van der Waals surface area contributed by atoms with Crippen LogP contribution < -0.4 is 5.43 Å². The zero-order valence-electron chi connectivity index (χ0n) is 9.44. The van der Waals surface area contributed by atoms with E-state index in [0.717, 1.165) is 15.2 Å². The maximum Gasteiger partial charge on any atom is 0.243 e. The van der Waals surface area contributed by atoms with Crippen LogP contribution in [-0.2, 0) is 0 Å². The van der Waals surface area contributed by atoms with Gasteiger partial charge in [0.25, 0.3) is 0 Å². The highest BCUT2D eigenvalue weighted by molar-refractivity contribution is 14.1. The topological polar surface area (TPSA) is 63.3 Å². The van der Waals surface area contributed by atoms with E-state index in [9.17, 15) is 0 Å². The van der Waals surface area contributed by atoms with Crippen LogP contribution in [0.2, 0.25) is 0 Å². The lowest BCUT2D eigenvalue weighted by Crippen LogP contribution is -1.99. The van der Waals surface area contributed by atoms with Crippen molar-refractivity contribution in [2.45, 2.75) is 13.8 Å². The van der Waals surface area contributed by atoms with Crippen molar-refractivity contribution < 1.29 is 4.42 Å². The molecule has 0 aliphatic carbocycles. The van der Waals surface area contributed by atoms with Crippen LogP contribution in [0, 0.1) is 17.6 Å². The van der Waals surface area contributed by atoms with Gasteiger partial charge in [-0.3, -0.25) is 0 Å². The molecule has 1 N–H and O–H groups in total. The molecule has 2 aromatic rings. The van der Waals surface area contributed by atoms with E-state index in [2.05, 4.69) is 43.1 Å². The number of hydrogen-bond donors (Lipinski definition) is 1. The first-order chi connectivity index (χ1) is 8.13.